The number of halogens is 1. The Labute approximate surface area is 169 Å². The van der Waals surface area contributed by atoms with Gasteiger partial charge in [0, 0.05) is 22.5 Å². The molecule has 138 valence electrons. The Bertz CT molecular complexity index is 1130. The molecule has 0 aliphatic heterocycles. The minimum atomic E-state index is -0.0993. The molecule has 0 radical (unpaired) electrons. The van der Waals surface area contributed by atoms with E-state index in [2.05, 4.69) is 5.32 Å². The molecule has 3 aromatic carbocycles. The van der Waals surface area contributed by atoms with E-state index in [1.165, 1.54) is 0 Å². The first-order chi connectivity index (χ1) is 13.7. The Morgan fingerprint density at radius 1 is 0.893 bits per heavy atom. The van der Waals surface area contributed by atoms with Gasteiger partial charge in [-0.05, 0) is 36.2 Å². The number of aromatic nitrogens is 1. The van der Waals surface area contributed by atoms with E-state index in [0.717, 1.165) is 34.1 Å². The maximum Gasteiger partial charge on any atom is 0.252 e. The average Bonchev–Trinajstić information content (AvgIpc) is 2.73. The van der Waals surface area contributed by atoms with Crippen molar-refractivity contribution in [3.05, 3.63) is 101 Å². The van der Waals surface area contributed by atoms with Gasteiger partial charge in [0.15, 0.2) is 0 Å². The zero-order valence-corrected chi connectivity index (χ0v) is 16.0. The predicted molar refractivity (Wildman–Crippen MR) is 115 cm³/mol. The van der Waals surface area contributed by atoms with Crippen molar-refractivity contribution in [3.8, 4) is 11.3 Å². The van der Waals surface area contributed by atoms with Gasteiger partial charge in [-0.25, -0.2) is 4.98 Å². The van der Waals surface area contributed by atoms with Gasteiger partial charge in [0.1, 0.15) is 0 Å². The molecule has 0 saturated carbocycles. The topological polar surface area (TPSA) is 42.0 Å². The number of nitrogens with zero attached hydrogens (tertiary/aromatic N) is 1. The maximum atomic E-state index is 12.9. The van der Waals surface area contributed by atoms with Crippen molar-refractivity contribution in [1.82, 2.24) is 10.3 Å². The van der Waals surface area contributed by atoms with E-state index < -0.39 is 0 Å². The summed E-state index contributed by atoms with van der Waals surface area (Å²) in [6.45, 7) is 0.538. The summed E-state index contributed by atoms with van der Waals surface area (Å²) in [6.07, 6.45) is 0.723. The largest absolute Gasteiger partial charge is 0.352 e. The lowest BCUT2D eigenvalue weighted by Gasteiger charge is -2.11. The van der Waals surface area contributed by atoms with Gasteiger partial charge in [-0.3, -0.25) is 4.79 Å². The molecule has 0 fully saturated rings. The van der Waals surface area contributed by atoms with E-state index in [1.807, 2.05) is 84.9 Å². The van der Waals surface area contributed by atoms with Crippen LogP contribution in [-0.4, -0.2) is 17.4 Å². The quantitative estimate of drug-likeness (QED) is 0.490. The number of carbonyl (C=O) groups is 1. The molecule has 1 aromatic heterocycles. The van der Waals surface area contributed by atoms with Crippen LogP contribution in [0.15, 0.2) is 84.9 Å². The SMILES string of the molecule is O=C(NCCc1cccc(Cl)c1)c1cc(-c2ccccc2)nc2ccccc12. The molecule has 4 heteroatoms. The summed E-state index contributed by atoms with van der Waals surface area (Å²) in [6, 6.07) is 27.2. The van der Waals surface area contributed by atoms with Crippen LogP contribution >= 0.6 is 11.6 Å². The second-order valence-electron chi connectivity index (χ2n) is 6.57. The Kier molecular flexibility index (Phi) is 5.36. The van der Waals surface area contributed by atoms with Crippen LogP contribution < -0.4 is 5.32 Å². The third kappa shape index (κ3) is 4.05. The smallest absolute Gasteiger partial charge is 0.252 e. The molecule has 0 aliphatic carbocycles. The fourth-order valence-electron chi connectivity index (χ4n) is 3.23. The lowest BCUT2D eigenvalue weighted by Crippen LogP contribution is -2.26. The van der Waals surface area contributed by atoms with Crippen LogP contribution in [0, 0.1) is 0 Å². The molecule has 0 bridgehead atoms. The van der Waals surface area contributed by atoms with Crippen LogP contribution in [0.2, 0.25) is 5.02 Å². The highest BCUT2D eigenvalue weighted by molar-refractivity contribution is 6.30. The highest BCUT2D eigenvalue weighted by Gasteiger charge is 2.13. The average molecular weight is 387 g/mol. The summed E-state index contributed by atoms with van der Waals surface area (Å²) in [5.41, 5.74) is 4.32. The molecule has 1 N–H and O–H groups in total. The maximum absolute atomic E-state index is 12.9. The summed E-state index contributed by atoms with van der Waals surface area (Å²) >= 11 is 6.03. The molecule has 1 amide bonds. The molecule has 4 aromatic rings. The number of hydrogen-bond acceptors (Lipinski definition) is 2. The molecule has 3 nitrogen and oxygen atoms in total. The molecule has 4 rings (SSSR count). The summed E-state index contributed by atoms with van der Waals surface area (Å²) in [7, 11) is 0. The summed E-state index contributed by atoms with van der Waals surface area (Å²) in [4.78, 5) is 17.7. The molecule has 0 spiro atoms. The minimum Gasteiger partial charge on any atom is -0.352 e. The van der Waals surface area contributed by atoms with Crippen LogP contribution in [0.3, 0.4) is 0 Å². The lowest BCUT2D eigenvalue weighted by atomic mass is 10.0. The Morgan fingerprint density at radius 3 is 2.50 bits per heavy atom. The van der Waals surface area contributed by atoms with Crippen molar-refractivity contribution in [3.63, 3.8) is 0 Å². The highest BCUT2D eigenvalue weighted by atomic mass is 35.5. The molecule has 1 heterocycles. The van der Waals surface area contributed by atoms with Gasteiger partial charge in [0.25, 0.3) is 5.91 Å². The Balaban J connectivity index is 1.60. The van der Waals surface area contributed by atoms with Gasteiger partial charge in [-0.2, -0.15) is 0 Å². The molecule has 28 heavy (non-hydrogen) atoms. The van der Waals surface area contributed by atoms with E-state index in [4.69, 9.17) is 16.6 Å². The van der Waals surface area contributed by atoms with Gasteiger partial charge in [-0.15, -0.1) is 0 Å². The normalized spacial score (nSPS) is 10.8. The van der Waals surface area contributed by atoms with Crippen LogP contribution in [-0.2, 0) is 6.42 Å². The molecule has 0 atom stereocenters. The zero-order chi connectivity index (χ0) is 19.3. The van der Waals surface area contributed by atoms with Crippen molar-refractivity contribution >= 4 is 28.4 Å². The number of carbonyl (C=O) groups excluding carboxylic acids is 1. The second-order valence-corrected chi connectivity index (χ2v) is 7.01. The van der Waals surface area contributed by atoms with Crippen LogP contribution in [0.5, 0.6) is 0 Å². The summed E-state index contributed by atoms with van der Waals surface area (Å²) in [5.74, 6) is -0.0993. The number of pyridine rings is 1. The van der Waals surface area contributed by atoms with Crippen molar-refractivity contribution in [2.45, 2.75) is 6.42 Å². The van der Waals surface area contributed by atoms with Crippen molar-refractivity contribution in [2.24, 2.45) is 0 Å². The van der Waals surface area contributed by atoms with E-state index >= 15 is 0 Å². The second kappa shape index (κ2) is 8.24. The van der Waals surface area contributed by atoms with E-state index in [1.54, 1.807) is 0 Å². The van der Waals surface area contributed by atoms with Crippen molar-refractivity contribution < 1.29 is 4.79 Å². The monoisotopic (exact) mass is 386 g/mol. The number of hydrogen-bond donors (Lipinski definition) is 1. The van der Waals surface area contributed by atoms with Gasteiger partial charge in [0.05, 0.1) is 16.8 Å². The van der Waals surface area contributed by atoms with Crippen LogP contribution in [0.1, 0.15) is 15.9 Å². The molecule has 0 unspecified atom stereocenters. The number of para-hydroxylation sites is 1. The number of amides is 1. The van der Waals surface area contributed by atoms with E-state index in [0.29, 0.717) is 17.1 Å². The molecular weight excluding hydrogens is 368 g/mol. The molecular formula is C24H19ClN2O. The van der Waals surface area contributed by atoms with E-state index in [-0.39, 0.29) is 5.91 Å². The first kappa shape index (κ1) is 18.2. The van der Waals surface area contributed by atoms with Gasteiger partial charge in [-0.1, -0.05) is 72.3 Å². The van der Waals surface area contributed by atoms with Gasteiger partial charge >= 0.3 is 0 Å². The molecule has 0 saturated heterocycles. The predicted octanol–water partition coefficient (Wildman–Crippen LogP) is 5.53. The number of benzene rings is 3. The number of nitrogens with one attached hydrogen (secondary N) is 1. The van der Waals surface area contributed by atoms with Crippen LogP contribution in [0.4, 0.5) is 0 Å². The van der Waals surface area contributed by atoms with Crippen LogP contribution in [0.25, 0.3) is 22.2 Å². The third-order valence-corrected chi connectivity index (χ3v) is 4.85. The molecule has 0 aliphatic rings. The Morgan fingerprint density at radius 2 is 1.68 bits per heavy atom. The van der Waals surface area contributed by atoms with E-state index in [9.17, 15) is 4.79 Å². The lowest BCUT2D eigenvalue weighted by molar-refractivity contribution is 0.0956. The standard InChI is InChI=1S/C24H19ClN2O/c25-19-10-6-7-17(15-19)13-14-26-24(28)21-16-23(18-8-2-1-3-9-18)27-22-12-5-4-11-20(21)22/h1-12,15-16H,13-14H2,(H,26,28). The highest BCUT2D eigenvalue weighted by Crippen LogP contribution is 2.24. The summed E-state index contributed by atoms with van der Waals surface area (Å²) in [5, 5.41) is 4.58. The van der Waals surface area contributed by atoms with Gasteiger partial charge < -0.3 is 5.32 Å². The van der Waals surface area contributed by atoms with Crippen molar-refractivity contribution in [1.29, 1.82) is 0 Å². The third-order valence-electron chi connectivity index (χ3n) is 4.62. The van der Waals surface area contributed by atoms with Gasteiger partial charge in [0.2, 0.25) is 0 Å². The number of fused-ring (bicyclic) bond motifs is 1. The zero-order valence-electron chi connectivity index (χ0n) is 15.2. The minimum absolute atomic E-state index is 0.0993. The summed E-state index contributed by atoms with van der Waals surface area (Å²) < 4.78 is 0. The van der Waals surface area contributed by atoms with Crippen molar-refractivity contribution in [2.75, 3.05) is 6.54 Å². The fourth-order valence-corrected chi connectivity index (χ4v) is 3.44. The first-order valence-electron chi connectivity index (χ1n) is 9.18. The number of rotatable bonds is 5. The Hall–Kier alpha value is -3.17. The first-order valence-corrected chi connectivity index (χ1v) is 9.56. The fraction of sp³-hybridized carbons (Fsp3) is 0.0833.